The number of fused-ring (bicyclic) bond motifs is 1. The van der Waals surface area contributed by atoms with Crippen LogP contribution in [0.4, 0.5) is 0 Å². The minimum absolute atomic E-state index is 0.296. The van der Waals surface area contributed by atoms with Crippen LogP contribution in [0.2, 0.25) is 0 Å². The van der Waals surface area contributed by atoms with Gasteiger partial charge in [-0.25, -0.2) is 0 Å². The fourth-order valence-corrected chi connectivity index (χ4v) is 5.43. The lowest BCUT2D eigenvalue weighted by atomic mass is 10.0. The first-order chi connectivity index (χ1) is 15.5. The van der Waals surface area contributed by atoms with Gasteiger partial charge < -0.3 is 29.0 Å². The Hall–Kier alpha value is -0.240. The highest BCUT2D eigenvalue weighted by molar-refractivity contribution is 5.03. The SMILES string of the molecule is CCCCCCCCCCCCOC[C@@]12O[C@@H](CN3CCCCC3)[C@@H](O)[C@@H]1OC(C)(C)O2. The molecule has 0 unspecified atom stereocenters. The number of hydrogen-bond acceptors (Lipinski definition) is 6. The van der Waals surface area contributed by atoms with Crippen LogP contribution in [0.25, 0.3) is 0 Å². The number of aliphatic hydroxyl groups excluding tert-OH is 1. The zero-order chi connectivity index (χ0) is 22.9. The molecule has 3 heterocycles. The van der Waals surface area contributed by atoms with Gasteiger partial charge in [0.05, 0.1) is 0 Å². The Morgan fingerprint density at radius 2 is 1.50 bits per heavy atom. The van der Waals surface area contributed by atoms with Crippen molar-refractivity contribution in [3.05, 3.63) is 0 Å². The van der Waals surface area contributed by atoms with Gasteiger partial charge >= 0.3 is 0 Å². The van der Waals surface area contributed by atoms with Crippen LogP contribution in [-0.4, -0.2) is 72.7 Å². The molecule has 32 heavy (non-hydrogen) atoms. The van der Waals surface area contributed by atoms with E-state index in [1.165, 1.54) is 77.0 Å². The summed E-state index contributed by atoms with van der Waals surface area (Å²) >= 11 is 0. The molecule has 3 rings (SSSR count). The van der Waals surface area contributed by atoms with Crippen LogP contribution < -0.4 is 0 Å². The second kappa shape index (κ2) is 13.0. The molecule has 188 valence electrons. The standard InChI is InChI=1S/C26H49NO5/c1-4-5-6-7-8-9-10-11-12-16-19-29-21-26-24(31-25(2,3)32-26)23(28)22(30-26)20-27-17-14-13-15-18-27/h22-24,28H,4-21H2,1-3H3/t22-,23+,24-,26-/m0/s1. The topological polar surface area (TPSA) is 60.4 Å². The molecular formula is C26H49NO5. The molecule has 0 saturated carbocycles. The van der Waals surface area contributed by atoms with E-state index in [0.29, 0.717) is 13.2 Å². The van der Waals surface area contributed by atoms with Gasteiger partial charge in [-0.1, -0.05) is 71.1 Å². The molecule has 3 aliphatic rings. The van der Waals surface area contributed by atoms with Gasteiger partial charge in [0.25, 0.3) is 0 Å². The van der Waals surface area contributed by atoms with E-state index in [9.17, 15) is 5.11 Å². The van der Waals surface area contributed by atoms with Crippen LogP contribution in [-0.2, 0) is 18.9 Å². The predicted octanol–water partition coefficient (Wildman–Crippen LogP) is 5.02. The lowest BCUT2D eigenvalue weighted by Crippen LogP contribution is -2.45. The van der Waals surface area contributed by atoms with Crippen molar-refractivity contribution in [1.29, 1.82) is 0 Å². The van der Waals surface area contributed by atoms with Gasteiger partial charge in [0.1, 0.15) is 24.9 Å². The molecule has 0 aliphatic carbocycles. The van der Waals surface area contributed by atoms with Crippen molar-refractivity contribution in [1.82, 2.24) is 4.90 Å². The van der Waals surface area contributed by atoms with E-state index in [4.69, 9.17) is 18.9 Å². The van der Waals surface area contributed by atoms with E-state index in [2.05, 4.69) is 11.8 Å². The molecule has 0 aromatic heterocycles. The van der Waals surface area contributed by atoms with E-state index < -0.39 is 23.8 Å². The molecule has 6 nitrogen and oxygen atoms in total. The summed E-state index contributed by atoms with van der Waals surface area (Å²) in [6, 6.07) is 0. The molecule has 0 bridgehead atoms. The third-order valence-corrected chi connectivity index (χ3v) is 7.14. The Labute approximate surface area is 196 Å². The van der Waals surface area contributed by atoms with Crippen LogP contribution >= 0.6 is 0 Å². The third kappa shape index (κ3) is 7.64. The largest absolute Gasteiger partial charge is 0.387 e. The molecule has 0 aromatic carbocycles. The average Bonchev–Trinajstić information content (AvgIpc) is 3.17. The summed E-state index contributed by atoms with van der Waals surface area (Å²) in [4.78, 5) is 2.39. The van der Waals surface area contributed by atoms with E-state index in [1.54, 1.807) is 0 Å². The number of likely N-dealkylation sites (tertiary alicyclic amines) is 1. The maximum Gasteiger partial charge on any atom is 0.224 e. The Balaban J connectivity index is 1.35. The smallest absolute Gasteiger partial charge is 0.224 e. The molecule has 1 N–H and O–H groups in total. The number of ether oxygens (including phenoxy) is 4. The van der Waals surface area contributed by atoms with Crippen LogP contribution in [0.5, 0.6) is 0 Å². The fourth-order valence-electron chi connectivity index (χ4n) is 5.43. The molecule has 0 spiro atoms. The van der Waals surface area contributed by atoms with Crippen LogP contribution in [0.1, 0.15) is 104 Å². The molecular weight excluding hydrogens is 406 g/mol. The van der Waals surface area contributed by atoms with Crippen molar-refractivity contribution < 1.29 is 24.1 Å². The maximum absolute atomic E-state index is 11.0. The number of rotatable bonds is 15. The summed E-state index contributed by atoms with van der Waals surface area (Å²) in [6.45, 7) is 9.92. The summed E-state index contributed by atoms with van der Waals surface area (Å²) in [6.07, 6.45) is 15.3. The molecule has 3 fully saturated rings. The van der Waals surface area contributed by atoms with Crippen molar-refractivity contribution in [2.45, 2.75) is 134 Å². The van der Waals surface area contributed by atoms with Crippen molar-refractivity contribution >= 4 is 0 Å². The summed E-state index contributed by atoms with van der Waals surface area (Å²) in [5.41, 5.74) is 0. The van der Waals surface area contributed by atoms with E-state index >= 15 is 0 Å². The summed E-state index contributed by atoms with van der Waals surface area (Å²) < 4.78 is 24.7. The minimum Gasteiger partial charge on any atom is -0.387 e. The number of aliphatic hydroxyl groups is 1. The minimum atomic E-state index is -0.998. The van der Waals surface area contributed by atoms with E-state index in [-0.39, 0.29) is 6.10 Å². The molecule has 0 radical (unpaired) electrons. The highest BCUT2D eigenvalue weighted by Crippen LogP contribution is 2.45. The van der Waals surface area contributed by atoms with Gasteiger partial charge in [-0.3, -0.25) is 0 Å². The normalized spacial score (nSPS) is 32.4. The quantitative estimate of drug-likeness (QED) is 0.350. The van der Waals surface area contributed by atoms with Gasteiger partial charge in [0.15, 0.2) is 5.79 Å². The van der Waals surface area contributed by atoms with Crippen molar-refractivity contribution in [3.63, 3.8) is 0 Å². The highest BCUT2D eigenvalue weighted by Gasteiger charge is 2.64. The molecule has 6 heteroatoms. The number of hydrogen-bond donors (Lipinski definition) is 1. The zero-order valence-corrected chi connectivity index (χ0v) is 21.0. The molecule has 0 amide bonds. The lowest BCUT2D eigenvalue weighted by molar-refractivity contribution is -0.279. The average molecular weight is 456 g/mol. The first-order valence-electron chi connectivity index (χ1n) is 13.5. The highest BCUT2D eigenvalue weighted by atomic mass is 16.9. The molecule has 3 aliphatic heterocycles. The predicted molar refractivity (Wildman–Crippen MR) is 127 cm³/mol. The van der Waals surface area contributed by atoms with Gasteiger partial charge in [-0.15, -0.1) is 0 Å². The molecule has 4 atom stereocenters. The van der Waals surface area contributed by atoms with Crippen LogP contribution in [0.15, 0.2) is 0 Å². The van der Waals surface area contributed by atoms with Gasteiger partial charge in [-0.05, 0) is 46.2 Å². The van der Waals surface area contributed by atoms with E-state index in [1.807, 2.05) is 13.8 Å². The van der Waals surface area contributed by atoms with Crippen LogP contribution in [0.3, 0.4) is 0 Å². The summed E-state index contributed by atoms with van der Waals surface area (Å²) in [7, 11) is 0. The van der Waals surface area contributed by atoms with Crippen molar-refractivity contribution in [2.24, 2.45) is 0 Å². The number of piperidine rings is 1. The zero-order valence-electron chi connectivity index (χ0n) is 21.0. The molecule has 3 saturated heterocycles. The Morgan fingerprint density at radius 1 is 0.875 bits per heavy atom. The maximum atomic E-state index is 11.0. The van der Waals surface area contributed by atoms with Crippen molar-refractivity contribution in [3.8, 4) is 0 Å². The number of unbranched alkanes of at least 4 members (excludes halogenated alkanes) is 9. The molecule has 0 aromatic rings. The first-order valence-corrected chi connectivity index (χ1v) is 13.5. The first kappa shape index (κ1) is 26.4. The lowest BCUT2D eigenvalue weighted by Gasteiger charge is -2.32. The summed E-state index contributed by atoms with van der Waals surface area (Å²) in [5, 5.41) is 11.0. The Kier molecular flexibility index (Phi) is 10.7. The third-order valence-electron chi connectivity index (χ3n) is 7.14. The number of nitrogens with zero attached hydrogens (tertiary/aromatic N) is 1. The fraction of sp³-hybridized carbons (Fsp3) is 1.00. The van der Waals surface area contributed by atoms with Crippen molar-refractivity contribution in [2.75, 3.05) is 32.8 Å². The second-order valence-electron chi connectivity index (χ2n) is 10.6. The van der Waals surface area contributed by atoms with Gasteiger partial charge in [0, 0.05) is 13.2 Å². The monoisotopic (exact) mass is 455 g/mol. The van der Waals surface area contributed by atoms with Crippen LogP contribution in [0, 0.1) is 0 Å². The van der Waals surface area contributed by atoms with E-state index in [0.717, 1.165) is 26.1 Å². The Bertz CT molecular complexity index is 524. The van der Waals surface area contributed by atoms with Gasteiger partial charge in [0.2, 0.25) is 5.79 Å². The van der Waals surface area contributed by atoms with Gasteiger partial charge in [-0.2, -0.15) is 0 Å². The second-order valence-corrected chi connectivity index (χ2v) is 10.6. The summed E-state index contributed by atoms with van der Waals surface area (Å²) in [5.74, 6) is -1.77. The Morgan fingerprint density at radius 3 is 2.16 bits per heavy atom.